The van der Waals surface area contributed by atoms with Gasteiger partial charge in [-0.25, -0.2) is 0 Å². The van der Waals surface area contributed by atoms with E-state index < -0.39 is 12.7 Å². The van der Waals surface area contributed by atoms with Crippen molar-refractivity contribution in [3.05, 3.63) is 70.1 Å². The number of nitrogens with one attached hydrogen (secondary N) is 2. The van der Waals surface area contributed by atoms with Gasteiger partial charge in [0.05, 0.1) is 13.1 Å². The predicted molar refractivity (Wildman–Crippen MR) is 126 cm³/mol. The number of hydrogen-bond donors (Lipinski definition) is 2. The lowest BCUT2D eigenvalue weighted by atomic mass is 10.1. The van der Waals surface area contributed by atoms with E-state index in [0.717, 1.165) is 11.1 Å². The van der Waals surface area contributed by atoms with Crippen LogP contribution in [0.1, 0.15) is 17.5 Å². The number of halogens is 4. The zero-order chi connectivity index (χ0) is 21.6. The van der Waals surface area contributed by atoms with Gasteiger partial charge in [0.15, 0.2) is 5.96 Å². The van der Waals surface area contributed by atoms with E-state index in [2.05, 4.69) is 15.6 Å². The minimum Gasteiger partial charge on any atom is -0.352 e. The van der Waals surface area contributed by atoms with Gasteiger partial charge in [0, 0.05) is 45.0 Å². The monoisotopic (exact) mass is 549 g/mol. The number of nitrogens with zero attached hydrogens (tertiary/aromatic N) is 3. The molecule has 2 N–H and O–H groups in total. The van der Waals surface area contributed by atoms with Crippen LogP contribution in [-0.4, -0.2) is 54.3 Å². The number of benzene rings is 1. The highest BCUT2D eigenvalue weighted by Gasteiger charge is 2.34. The highest BCUT2D eigenvalue weighted by atomic mass is 127. The largest absolute Gasteiger partial charge is 0.401 e. The Morgan fingerprint density at radius 1 is 1.16 bits per heavy atom. The molecule has 31 heavy (non-hydrogen) atoms. The van der Waals surface area contributed by atoms with Crippen LogP contribution in [0.15, 0.2) is 58.4 Å². The summed E-state index contributed by atoms with van der Waals surface area (Å²) in [5, 5.41) is 6.39. The Kier molecular flexibility index (Phi) is 9.35. The van der Waals surface area contributed by atoms with E-state index in [1.165, 1.54) is 11.0 Å². The Hall–Kier alpha value is -2.08. The minimum absolute atomic E-state index is 0. The van der Waals surface area contributed by atoms with Gasteiger partial charge in [-0.3, -0.25) is 14.7 Å². The quantitative estimate of drug-likeness (QED) is 0.331. The van der Waals surface area contributed by atoms with Gasteiger partial charge < -0.3 is 15.2 Å². The maximum absolute atomic E-state index is 12.5. The van der Waals surface area contributed by atoms with Gasteiger partial charge in [0.25, 0.3) is 5.56 Å². The Morgan fingerprint density at radius 3 is 2.52 bits per heavy atom. The van der Waals surface area contributed by atoms with E-state index in [4.69, 9.17) is 0 Å². The molecule has 0 saturated carbocycles. The molecule has 1 aromatic carbocycles. The molecule has 0 radical (unpaired) electrons. The molecule has 170 valence electrons. The maximum Gasteiger partial charge on any atom is 0.401 e. The second-order valence-electron chi connectivity index (χ2n) is 7.39. The molecule has 0 aliphatic carbocycles. The molecule has 0 spiro atoms. The van der Waals surface area contributed by atoms with E-state index in [0.29, 0.717) is 38.6 Å². The third-order valence-electron chi connectivity index (χ3n) is 4.97. The van der Waals surface area contributed by atoms with Crippen LogP contribution in [0, 0.1) is 0 Å². The summed E-state index contributed by atoms with van der Waals surface area (Å²) in [5.41, 5.74) is 2.01. The average Bonchev–Trinajstić information content (AvgIpc) is 3.13. The number of aromatic nitrogens is 1. The Labute approximate surface area is 196 Å². The van der Waals surface area contributed by atoms with Crippen molar-refractivity contribution in [1.82, 2.24) is 20.1 Å². The molecule has 1 aliphatic rings. The van der Waals surface area contributed by atoms with Gasteiger partial charge in [0.2, 0.25) is 0 Å². The third-order valence-corrected chi connectivity index (χ3v) is 4.97. The topological polar surface area (TPSA) is 61.7 Å². The first-order valence-corrected chi connectivity index (χ1v) is 9.82. The number of alkyl halides is 3. The lowest BCUT2D eigenvalue weighted by Gasteiger charge is -2.20. The minimum atomic E-state index is -4.17. The van der Waals surface area contributed by atoms with Crippen LogP contribution in [0.3, 0.4) is 0 Å². The Balaban J connectivity index is 0.00000341. The first-order chi connectivity index (χ1) is 14.3. The summed E-state index contributed by atoms with van der Waals surface area (Å²) in [5.74, 6) is 0.564. The summed E-state index contributed by atoms with van der Waals surface area (Å²) < 4.78 is 39.2. The molecule has 6 nitrogen and oxygen atoms in total. The zero-order valence-electron chi connectivity index (χ0n) is 17.2. The molecule has 1 fully saturated rings. The van der Waals surface area contributed by atoms with Crippen molar-refractivity contribution in [3.8, 4) is 0 Å². The van der Waals surface area contributed by atoms with E-state index in [1.54, 1.807) is 23.9 Å². The molecule has 0 bridgehead atoms. The highest BCUT2D eigenvalue weighted by molar-refractivity contribution is 14.0. The predicted octanol–water partition coefficient (Wildman–Crippen LogP) is 2.82. The highest BCUT2D eigenvalue weighted by Crippen LogP contribution is 2.19. The number of guanidine groups is 1. The summed E-state index contributed by atoms with van der Waals surface area (Å²) in [6.45, 7) is 0.920. The van der Waals surface area contributed by atoms with Gasteiger partial charge in [-0.2, -0.15) is 13.2 Å². The molecule has 1 aromatic heterocycles. The third kappa shape index (κ3) is 8.17. The normalized spacial score (nSPS) is 17.3. The molecule has 1 unspecified atom stereocenters. The van der Waals surface area contributed by atoms with Crippen molar-refractivity contribution in [1.29, 1.82) is 0 Å². The average molecular weight is 549 g/mol. The first-order valence-electron chi connectivity index (χ1n) is 9.82. The number of pyridine rings is 1. The molecular weight excluding hydrogens is 522 g/mol. The number of hydrogen-bond acceptors (Lipinski definition) is 3. The maximum atomic E-state index is 12.5. The second-order valence-corrected chi connectivity index (χ2v) is 7.39. The van der Waals surface area contributed by atoms with Gasteiger partial charge in [-0.1, -0.05) is 30.3 Å². The molecule has 10 heteroatoms. The second kappa shape index (κ2) is 11.5. The molecule has 2 aromatic rings. The van der Waals surface area contributed by atoms with Gasteiger partial charge >= 0.3 is 6.18 Å². The summed E-state index contributed by atoms with van der Waals surface area (Å²) in [7, 11) is 1.64. The lowest BCUT2D eigenvalue weighted by Crippen LogP contribution is -2.44. The van der Waals surface area contributed by atoms with E-state index in [9.17, 15) is 18.0 Å². The van der Waals surface area contributed by atoms with Gasteiger partial charge in [-0.15, -0.1) is 24.0 Å². The SMILES string of the molecule is CN=C(NCc1ccc(Cn2ccccc2=O)cc1)NC1CCN(CC(F)(F)F)C1.I. The van der Waals surface area contributed by atoms with Crippen LogP contribution in [0.2, 0.25) is 0 Å². The van der Waals surface area contributed by atoms with Gasteiger partial charge in [-0.05, 0) is 23.6 Å². The van der Waals surface area contributed by atoms with Crippen LogP contribution in [0.4, 0.5) is 13.2 Å². The fourth-order valence-electron chi connectivity index (χ4n) is 3.47. The molecule has 1 aliphatic heterocycles. The summed E-state index contributed by atoms with van der Waals surface area (Å²) in [6, 6.07) is 12.9. The number of likely N-dealkylation sites (tertiary alicyclic amines) is 1. The fraction of sp³-hybridized carbons (Fsp3) is 0.429. The molecule has 3 rings (SSSR count). The van der Waals surface area contributed by atoms with Crippen molar-refractivity contribution in [2.75, 3.05) is 26.7 Å². The van der Waals surface area contributed by atoms with E-state index in [1.807, 2.05) is 30.3 Å². The molecule has 1 saturated heterocycles. The van der Waals surface area contributed by atoms with Crippen LogP contribution in [0.25, 0.3) is 0 Å². The molecular formula is C21H27F3IN5O. The fourth-order valence-corrected chi connectivity index (χ4v) is 3.47. The smallest absolute Gasteiger partial charge is 0.352 e. The Morgan fingerprint density at radius 2 is 1.87 bits per heavy atom. The van der Waals surface area contributed by atoms with Crippen molar-refractivity contribution < 1.29 is 13.2 Å². The molecule has 1 atom stereocenters. The summed E-state index contributed by atoms with van der Waals surface area (Å²) in [4.78, 5) is 17.4. The first kappa shape index (κ1) is 25.2. The number of rotatable bonds is 6. The van der Waals surface area contributed by atoms with E-state index >= 15 is 0 Å². The number of aliphatic imine (C=N–C) groups is 1. The van der Waals surface area contributed by atoms with Crippen molar-refractivity contribution in [3.63, 3.8) is 0 Å². The lowest BCUT2D eigenvalue weighted by molar-refractivity contribution is -0.143. The standard InChI is InChI=1S/C21H26F3N5O.HI/c1-25-20(27-18-9-11-28(14-18)15-21(22,23)24)26-12-16-5-7-17(8-6-16)13-29-10-3-2-4-19(29)30;/h2-8,10,18H,9,11-15H2,1H3,(H2,25,26,27);1H. The van der Waals surface area contributed by atoms with Crippen LogP contribution in [-0.2, 0) is 13.1 Å². The van der Waals surface area contributed by atoms with Crippen molar-refractivity contribution in [2.45, 2.75) is 31.7 Å². The zero-order valence-corrected chi connectivity index (χ0v) is 19.6. The van der Waals surface area contributed by atoms with Crippen LogP contribution in [0.5, 0.6) is 0 Å². The van der Waals surface area contributed by atoms with Crippen molar-refractivity contribution in [2.24, 2.45) is 4.99 Å². The van der Waals surface area contributed by atoms with Crippen LogP contribution >= 0.6 is 24.0 Å². The van der Waals surface area contributed by atoms with Gasteiger partial charge in [0.1, 0.15) is 0 Å². The van der Waals surface area contributed by atoms with Crippen LogP contribution < -0.4 is 16.2 Å². The summed E-state index contributed by atoms with van der Waals surface area (Å²) >= 11 is 0. The summed E-state index contributed by atoms with van der Waals surface area (Å²) in [6.07, 6.45) is -1.77. The van der Waals surface area contributed by atoms with Crippen molar-refractivity contribution >= 4 is 29.9 Å². The molecule has 0 amide bonds. The molecule has 2 heterocycles. The van der Waals surface area contributed by atoms with E-state index in [-0.39, 0.29) is 35.6 Å². The Bertz CT molecular complexity index is 914.